The molecule has 100 valence electrons. The van der Waals surface area contributed by atoms with Gasteiger partial charge in [0, 0.05) is 6.07 Å². The number of ether oxygens (including phenoxy) is 1. The van der Waals surface area contributed by atoms with E-state index in [-0.39, 0.29) is 5.56 Å². The lowest BCUT2D eigenvalue weighted by Gasteiger charge is -2.03. The van der Waals surface area contributed by atoms with E-state index in [4.69, 9.17) is 4.74 Å². The second-order valence-corrected chi connectivity index (χ2v) is 4.31. The van der Waals surface area contributed by atoms with Gasteiger partial charge in [-0.2, -0.15) is 0 Å². The van der Waals surface area contributed by atoms with E-state index in [0.29, 0.717) is 23.4 Å². The van der Waals surface area contributed by atoms with Gasteiger partial charge in [-0.15, -0.1) is 0 Å². The fourth-order valence-electron chi connectivity index (χ4n) is 1.90. The Balaban J connectivity index is 2.29. The van der Waals surface area contributed by atoms with Crippen LogP contribution in [0.5, 0.6) is 5.75 Å². The van der Waals surface area contributed by atoms with Gasteiger partial charge in [0.15, 0.2) is 0 Å². The molecular weight excluding hydrogens is 240 g/mol. The Morgan fingerprint density at radius 1 is 1.37 bits per heavy atom. The number of benzene rings is 1. The van der Waals surface area contributed by atoms with Gasteiger partial charge < -0.3 is 9.72 Å². The molecule has 0 aliphatic heterocycles. The summed E-state index contributed by atoms with van der Waals surface area (Å²) in [5.41, 5.74) is 1.95. The number of hydrogen-bond donors (Lipinski definition) is 1. The van der Waals surface area contributed by atoms with Crippen LogP contribution in [-0.2, 0) is 6.42 Å². The summed E-state index contributed by atoms with van der Waals surface area (Å²) in [7, 11) is 1.60. The van der Waals surface area contributed by atoms with Gasteiger partial charge in [0.1, 0.15) is 11.4 Å². The van der Waals surface area contributed by atoms with Gasteiger partial charge in [-0.25, -0.2) is 4.98 Å². The number of allylic oxidation sites excluding steroid dienone is 2. The summed E-state index contributed by atoms with van der Waals surface area (Å²) in [6, 6.07) is 5.48. The van der Waals surface area contributed by atoms with E-state index in [2.05, 4.69) is 29.0 Å². The number of hydrogen-bond acceptors (Lipinski definition) is 3. The second-order valence-electron chi connectivity index (χ2n) is 4.31. The third-order valence-corrected chi connectivity index (χ3v) is 2.92. The Morgan fingerprint density at radius 3 is 2.95 bits per heavy atom. The Labute approximate surface area is 112 Å². The first-order chi connectivity index (χ1) is 9.24. The number of aromatic nitrogens is 2. The van der Waals surface area contributed by atoms with E-state index in [9.17, 15) is 4.79 Å². The summed E-state index contributed by atoms with van der Waals surface area (Å²) < 4.78 is 5.13. The van der Waals surface area contributed by atoms with Crippen LogP contribution in [0.3, 0.4) is 0 Å². The average molecular weight is 258 g/mol. The number of nitrogens with zero attached hydrogens (tertiary/aromatic N) is 1. The van der Waals surface area contributed by atoms with Crippen molar-refractivity contribution < 1.29 is 4.74 Å². The van der Waals surface area contributed by atoms with Crippen LogP contribution < -0.4 is 10.3 Å². The molecule has 1 aromatic carbocycles. The zero-order chi connectivity index (χ0) is 13.7. The molecule has 0 saturated heterocycles. The minimum atomic E-state index is -0.120. The van der Waals surface area contributed by atoms with Gasteiger partial charge >= 0.3 is 0 Å². The minimum absolute atomic E-state index is 0.120. The van der Waals surface area contributed by atoms with Crippen LogP contribution in [0.2, 0.25) is 0 Å². The van der Waals surface area contributed by atoms with Gasteiger partial charge in [-0.05, 0) is 31.4 Å². The SMILES string of the molecule is CC/C=C/CCc1nc2ccc(OC)cc2[nH]c1=O. The molecule has 0 bridgehead atoms. The lowest BCUT2D eigenvalue weighted by atomic mass is 10.2. The molecule has 0 atom stereocenters. The largest absolute Gasteiger partial charge is 0.497 e. The Morgan fingerprint density at radius 2 is 2.21 bits per heavy atom. The highest BCUT2D eigenvalue weighted by Gasteiger charge is 2.05. The van der Waals surface area contributed by atoms with Crippen molar-refractivity contribution in [1.82, 2.24) is 9.97 Å². The Kier molecular flexibility index (Phi) is 4.34. The molecule has 0 amide bonds. The minimum Gasteiger partial charge on any atom is -0.497 e. The van der Waals surface area contributed by atoms with Crippen LogP contribution in [0.15, 0.2) is 35.1 Å². The summed E-state index contributed by atoms with van der Waals surface area (Å²) >= 11 is 0. The van der Waals surface area contributed by atoms with Crippen molar-refractivity contribution >= 4 is 11.0 Å². The summed E-state index contributed by atoms with van der Waals surface area (Å²) in [6.07, 6.45) is 6.69. The molecule has 0 aliphatic carbocycles. The van der Waals surface area contributed by atoms with Gasteiger partial charge in [0.25, 0.3) is 5.56 Å². The third-order valence-electron chi connectivity index (χ3n) is 2.92. The quantitative estimate of drug-likeness (QED) is 0.839. The lowest BCUT2D eigenvalue weighted by molar-refractivity contribution is 0.415. The molecule has 0 saturated carbocycles. The number of aryl methyl sites for hydroxylation is 1. The highest BCUT2D eigenvalue weighted by molar-refractivity contribution is 5.75. The molecule has 0 fully saturated rings. The van der Waals surface area contributed by atoms with E-state index >= 15 is 0 Å². The van der Waals surface area contributed by atoms with Gasteiger partial charge in [0.05, 0.1) is 18.1 Å². The normalized spacial score (nSPS) is 11.3. The van der Waals surface area contributed by atoms with Crippen molar-refractivity contribution in [3.05, 3.63) is 46.4 Å². The van der Waals surface area contributed by atoms with Crippen LogP contribution in [0.25, 0.3) is 11.0 Å². The topological polar surface area (TPSA) is 55.0 Å². The van der Waals surface area contributed by atoms with E-state index in [1.54, 1.807) is 13.2 Å². The van der Waals surface area contributed by atoms with Crippen LogP contribution in [-0.4, -0.2) is 17.1 Å². The zero-order valence-corrected chi connectivity index (χ0v) is 11.3. The summed E-state index contributed by atoms with van der Waals surface area (Å²) in [5, 5.41) is 0. The zero-order valence-electron chi connectivity index (χ0n) is 11.3. The van der Waals surface area contributed by atoms with Gasteiger partial charge in [-0.1, -0.05) is 19.1 Å². The predicted molar refractivity (Wildman–Crippen MR) is 76.7 cm³/mol. The van der Waals surface area contributed by atoms with Crippen LogP contribution in [0.4, 0.5) is 0 Å². The molecule has 2 rings (SSSR count). The van der Waals surface area contributed by atoms with Crippen molar-refractivity contribution in [2.45, 2.75) is 26.2 Å². The van der Waals surface area contributed by atoms with Crippen molar-refractivity contribution in [3.63, 3.8) is 0 Å². The molecule has 19 heavy (non-hydrogen) atoms. The molecule has 0 unspecified atom stereocenters. The van der Waals surface area contributed by atoms with E-state index in [1.807, 2.05) is 12.1 Å². The van der Waals surface area contributed by atoms with Crippen molar-refractivity contribution in [1.29, 1.82) is 0 Å². The number of nitrogens with one attached hydrogen (secondary N) is 1. The molecule has 2 aromatic rings. The van der Waals surface area contributed by atoms with Crippen molar-refractivity contribution in [2.24, 2.45) is 0 Å². The maximum absolute atomic E-state index is 11.9. The number of rotatable bonds is 5. The molecule has 1 aromatic heterocycles. The smallest absolute Gasteiger partial charge is 0.270 e. The van der Waals surface area contributed by atoms with E-state index in [1.165, 1.54) is 0 Å². The standard InChI is InChI=1S/C15H18N2O2/c1-3-4-5-6-7-13-15(18)17-14-10-11(19-2)8-9-12(14)16-13/h4-5,8-10H,3,6-7H2,1-2H3,(H,17,18)/b5-4+. The van der Waals surface area contributed by atoms with Gasteiger partial charge in [-0.3, -0.25) is 4.79 Å². The molecule has 4 heteroatoms. The molecule has 0 aliphatic rings. The molecular formula is C15H18N2O2. The Bertz CT molecular complexity index is 644. The fourth-order valence-corrected chi connectivity index (χ4v) is 1.90. The van der Waals surface area contributed by atoms with E-state index in [0.717, 1.165) is 18.4 Å². The number of H-pyrrole nitrogens is 1. The monoisotopic (exact) mass is 258 g/mol. The number of fused-ring (bicyclic) bond motifs is 1. The highest BCUT2D eigenvalue weighted by atomic mass is 16.5. The van der Waals surface area contributed by atoms with Crippen molar-refractivity contribution in [2.75, 3.05) is 7.11 Å². The fraction of sp³-hybridized carbons (Fsp3) is 0.333. The van der Waals surface area contributed by atoms with E-state index < -0.39 is 0 Å². The average Bonchev–Trinajstić information content (AvgIpc) is 2.43. The first-order valence-corrected chi connectivity index (χ1v) is 6.46. The summed E-state index contributed by atoms with van der Waals surface area (Å²) in [5.74, 6) is 0.712. The summed E-state index contributed by atoms with van der Waals surface area (Å²) in [6.45, 7) is 2.09. The molecule has 0 radical (unpaired) electrons. The first kappa shape index (κ1) is 13.3. The van der Waals surface area contributed by atoms with Crippen LogP contribution in [0, 0.1) is 0 Å². The second kappa shape index (κ2) is 6.18. The van der Waals surface area contributed by atoms with Crippen LogP contribution in [0.1, 0.15) is 25.5 Å². The predicted octanol–water partition coefficient (Wildman–Crippen LogP) is 2.83. The molecule has 4 nitrogen and oxygen atoms in total. The van der Waals surface area contributed by atoms with Crippen LogP contribution >= 0.6 is 0 Å². The molecule has 1 N–H and O–H groups in total. The third kappa shape index (κ3) is 3.22. The maximum atomic E-state index is 11.9. The number of aromatic amines is 1. The summed E-state index contributed by atoms with van der Waals surface area (Å²) in [4.78, 5) is 19.2. The number of methoxy groups -OCH3 is 1. The first-order valence-electron chi connectivity index (χ1n) is 6.46. The van der Waals surface area contributed by atoms with Crippen molar-refractivity contribution in [3.8, 4) is 5.75 Å². The molecule has 1 heterocycles. The Hall–Kier alpha value is -2.10. The van der Waals surface area contributed by atoms with Gasteiger partial charge in [0.2, 0.25) is 0 Å². The highest BCUT2D eigenvalue weighted by Crippen LogP contribution is 2.16. The maximum Gasteiger partial charge on any atom is 0.270 e. The lowest BCUT2D eigenvalue weighted by Crippen LogP contribution is -2.14. The molecule has 0 spiro atoms.